The lowest BCUT2D eigenvalue weighted by molar-refractivity contribution is -0.385. The minimum Gasteiger partial charge on any atom is -0.350 e. The molecule has 1 atom stereocenters. The Morgan fingerprint density at radius 3 is 1.79 bits per heavy atom. The number of nitrogens with zero attached hydrogens (tertiary/aromatic N) is 2. The molecule has 2 aromatic carbocycles. The van der Waals surface area contributed by atoms with Gasteiger partial charge in [0.25, 0.3) is 23.2 Å². The summed E-state index contributed by atoms with van der Waals surface area (Å²) in [5.41, 5.74) is 0.538. The summed E-state index contributed by atoms with van der Waals surface area (Å²) in [6.45, 7) is 4.71. The lowest BCUT2D eigenvalue weighted by Gasteiger charge is -2.16. The van der Waals surface area contributed by atoms with E-state index in [1.54, 1.807) is 6.92 Å². The zero-order valence-electron chi connectivity index (χ0n) is 16.1. The maximum absolute atomic E-state index is 12.4. The van der Waals surface area contributed by atoms with Crippen LogP contribution in [0.3, 0.4) is 0 Å². The van der Waals surface area contributed by atoms with Crippen molar-refractivity contribution in [2.45, 2.75) is 26.8 Å². The third-order valence-electron chi connectivity index (χ3n) is 4.44. The van der Waals surface area contributed by atoms with E-state index in [0.29, 0.717) is 0 Å². The Balaban J connectivity index is 2.03. The van der Waals surface area contributed by atoms with Crippen LogP contribution < -0.4 is 10.6 Å². The fourth-order valence-corrected chi connectivity index (χ4v) is 2.83. The summed E-state index contributed by atoms with van der Waals surface area (Å²) in [6, 6.07) is 7.97. The third kappa shape index (κ3) is 4.92. The van der Waals surface area contributed by atoms with Gasteiger partial charge in [-0.1, -0.05) is 12.1 Å². The molecule has 0 heterocycles. The molecule has 0 aliphatic rings. The summed E-state index contributed by atoms with van der Waals surface area (Å²) in [7, 11) is 0. The Hall–Kier alpha value is -3.82. The topological polar surface area (TPSA) is 144 Å². The quantitative estimate of drug-likeness (QED) is 0.540. The van der Waals surface area contributed by atoms with Gasteiger partial charge in [-0.3, -0.25) is 29.8 Å². The van der Waals surface area contributed by atoms with Gasteiger partial charge in [-0.2, -0.15) is 0 Å². The van der Waals surface area contributed by atoms with E-state index in [9.17, 15) is 29.8 Å². The molecule has 10 nitrogen and oxygen atoms in total. The number of hydrogen-bond donors (Lipinski definition) is 2. The molecular weight excluding hydrogens is 380 g/mol. The fourth-order valence-electron chi connectivity index (χ4n) is 2.83. The molecular formula is C19H20N4O6. The molecule has 0 saturated heterocycles. The van der Waals surface area contributed by atoms with Gasteiger partial charge >= 0.3 is 0 Å². The van der Waals surface area contributed by atoms with Crippen molar-refractivity contribution in [3.63, 3.8) is 0 Å². The van der Waals surface area contributed by atoms with Crippen LogP contribution in [0.1, 0.15) is 38.8 Å². The van der Waals surface area contributed by atoms with E-state index in [-0.39, 0.29) is 40.2 Å². The molecule has 2 rings (SSSR count). The highest BCUT2D eigenvalue weighted by atomic mass is 16.6. The molecule has 0 spiro atoms. The van der Waals surface area contributed by atoms with Gasteiger partial charge in [-0.25, -0.2) is 0 Å². The number of nitro groups is 2. The van der Waals surface area contributed by atoms with Crippen LogP contribution in [0.4, 0.5) is 11.4 Å². The molecule has 2 N–H and O–H groups in total. The monoisotopic (exact) mass is 400 g/mol. The predicted octanol–water partition coefficient (Wildman–Crippen LogP) is 2.67. The number of amides is 2. The van der Waals surface area contributed by atoms with Crippen molar-refractivity contribution < 1.29 is 19.4 Å². The van der Waals surface area contributed by atoms with Crippen molar-refractivity contribution in [3.8, 4) is 0 Å². The molecule has 10 heteroatoms. The number of hydrogen-bond acceptors (Lipinski definition) is 6. The van der Waals surface area contributed by atoms with E-state index in [4.69, 9.17) is 0 Å². The number of benzene rings is 2. The second kappa shape index (κ2) is 8.91. The van der Waals surface area contributed by atoms with E-state index < -0.39 is 27.7 Å². The first-order valence-electron chi connectivity index (χ1n) is 8.70. The van der Waals surface area contributed by atoms with Crippen LogP contribution in [-0.2, 0) is 0 Å². The van der Waals surface area contributed by atoms with Gasteiger partial charge in [-0.15, -0.1) is 0 Å². The van der Waals surface area contributed by atoms with Crippen molar-refractivity contribution in [1.82, 2.24) is 10.6 Å². The molecule has 2 amide bonds. The summed E-state index contributed by atoms with van der Waals surface area (Å²) >= 11 is 0. The van der Waals surface area contributed by atoms with Gasteiger partial charge in [0.05, 0.1) is 9.85 Å². The van der Waals surface area contributed by atoms with Gasteiger partial charge < -0.3 is 10.6 Å². The second-order valence-electron chi connectivity index (χ2n) is 6.50. The van der Waals surface area contributed by atoms with Gasteiger partial charge in [0.2, 0.25) is 0 Å². The first-order chi connectivity index (χ1) is 13.6. The molecule has 152 valence electrons. The molecule has 0 aromatic heterocycles. The highest BCUT2D eigenvalue weighted by Gasteiger charge is 2.21. The molecule has 2 aromatic rings. The van der Waals surface area contributed by atoms with E-state index in [1.165, 1.54) is 50.2 Å². The van der Waals surface area contributed by atoms with Crippen LogP contribution in [0.15, 0.2) is 36.4 Å². The van der Waals surface area contributed by atoms with Crippen LogP contribution in [0.2, 0.25) is 0 Å². The van der Waals surface area contributed by atoms with E-state index >= 15 is 0 Å². The van der Waals surface area contributed by atoms with Crippen LogP contribution in [0, 0.1) is 34.1 Å². The number of carbonyl (C=O) groups excluding carboxylic acids is 2. The number of nitrogens with one attached hydrogen (secondary N) is 2. The Morgan fingerprint density at radius 1 is 0.897 bits per heavy atom. The Morgan fingerprint density at radius 2 is 1.34 bits per heavy atom. The van der Waals surface area contributed by atoms with Gasteiger partial charge in [0.15, 0.2) is 0 Å². The van der Waals surface area contributed by atoms with Gasteiger partial charge in [0.1, 0.15) is 0 Å². The zero-order chi connectivity index (χ0) is 21.7. The Bertz CT molecular complexity index is 989. The minimum atomic E-state index is -0.559. The fraction of sp³-hybridized carbons (Fsp3) is 0.263. The lowest BCUT2D eigenvalue weighted by Crippen LogP contribution is -2.42. The molecule has 0 fully saturated rings. The average Bonchev–Trinajstić information content (AvgIpc) is 2.65. The Kier molecular flexibility index (Phi) is 6.60. The summed E-state index contributed by atoms with van der Waals surface area (Å²) in [5.74, 6) is -1.00. The summed E-state index contributed by atoms with van der Waals surface area (Å²) in [5, 5.41) is 27.3. The molecule has 0 radical (unpaired) electrons. The summed E-state index contributed by atoms with van der Waals surface area (Å²) < 4.78 is 0. The van der Waals surface area contributed by atoms with E-state index in [1.807, 2.05) is 0 Å². The van der Waals surface area contributed by atoms with Crippen LogP contribution in [0.25, 0.3) is 0 Å². The average molecular weight is 400 g/mol. The molecule has 0 bridgehead atoms. The van der Waals surface area contributed by atoms with Crippen molar-refractivity contribution in [3.05, 3.63) is 78.9 Å². The SMILES string of the molecule is Cc1c(C(=O)NCC(C)NC(=O)c2cccc([N+](=O)[O-])c2C)cccc1[N+](=O)[O-]. The van der Waals surface area contributed by atoms with Crippen LogP contribution >= 0.6 is 0 Å². The van der Waals surface area contributed by atoms with E-state index in [2.05, 4.69) is 10.6 Å². The molecule has 0 aliphatic heterocycles. The van der Waals surface area contributed by atoms with Crippen molar-refractivity contribution in [2.24, 2.45) is 0 Å². The predicted molar refractivity (Wildman–Crippen MR) is 105 cm³/mol. The first-order valence-corrected chi connectivity index (χ1v) is 8.70. The summed E-state index contributed by atoms with van der Waals surface area (Å²) in [6.07, 6.45) is 0. The highest BCUT2D eigenvalue weighted by molar-refractivity contribution is 5.97. The molecule has 29 heavy (non-hydrogen) atoms. The smallest absolute Gasteiger partial charge is 0.273 e. The third-order valence-corrected chi connectivity index (χ3v) is 4.44. The highest BCUT2D eigenvalue weighted by Crippen LogP contribution is 2.22. The molecule has 1 unspecified atom stereocenters. The largest absolute Gasteiger partial charge is 0.350 e. The first kappa shape index (κ1) is 21.5. The maximum Gasteiger partial charge on any atom is 0.273 e. The normalized spacial score (nSPS) is 11.4. The van der Waals surface area contributed by atoms with Crippen LogP contribution in [0.5, 0.6) is 0 Å². The van der Waals surface area contributed by atoms with Crippen molar-refractivity contribution >= 4 is 23.2 Å². The maximum atomic E-state index is 12.4. The molecule has 0 aliphatic carbocycles. The summed E-state index contributed by atoms with van der Waals surface area (Å²) in [4.78, 5) is 45.7. The van der Waals surface area contributed by atoms with Gasteiger partial charge in [-0.05, 0) is 32.9 Å². The second-order valence-corrected chi connectivity index (χ2v) is 6.50. The van der Waals surface area contributed by atoms with Crippen molar-refractivity contribution in [1.29, 1.82) is 0 Å². The number of rotatable bonds is 7. The van der Waals surface area contributed by atoms with Gasteiger partial charge in [0, 0.05) is 47.0 Å². The standard InChI is InChI=1S/C19H20N4O6/c1-11(21-19(25)15-7-5-9-17(13(15)3)23(28)29)10-20-18(24)14-6-4-8-16(12(14)2)22(26)27/h4-9,11H,10H2,1-3H3,(H,20,24)(H,21,25). The van der Waals surface area contributed by atoms with Crippen LogP contribution in [-0.4, -0.2) is 34.2 Å². The minimum absolute atomic E-state index is 0.0701. The Labute approximate surface area is 166 Å². The zero-order valence-corrected chi connectivity index (χ0v) is 16.1. The lowest BCUT2D eigenvalue weighted by atomic mass is 10.1. The van der Waals surface area contributed by atoms with E-state index in [0.717, 1.165) is 0 Å². The number of carbonyl (C=O) groups is 2. The number of nitro benzene ring substituents is 2. The molecule has 0 saturated carbocycles. The van der Waals surface area contributed by atoms with Crippen molar-refractivity contribution in [2.75, 3.05) is 6.54 Å².